The predicted molar refractivity (Wildman–Crippen MR) is 79.2 cm³/mol. The Bertz CT molecular complexity index is 502. The summed E-state index contributed by atoms with van der Waals surface area (Å²) in [7, 11) is 0. The number of aryl methyl sites for hydroxylation is 2. The van der Waals surface area contributed by atoms with Crippen LogP contribution < -0.4 is 5.32 Å². The predicted octanol–water partition coefficient (Wildman–Crippen LogP) is 3.58. The van der Waals surface area contributed by atoms with Crippen molar-refractivity contribution in [1.29, 1.82) is 0 Å². The minimum atomic E-state index is -0.314. The second kappa shape index (κ2) is 6.22. The van der Waals surface area contributed by atoms with Gasteiger partial charge in [0.2, 0.25) is 0 Å². The number of nitrogens with zero attached hydrogens (tertiary/aromatic N) is 1. The molecule has 1 aliphatic heterocycles. The molecule has 110 valence electrons. The van der Waals surface area contributed by atoms with Crippen molar-refractivity contribution < 1.29 is 9.66 Å². The maximum atomic E-state index is 11.2. The third-order valence-electron chi connectivity index (χ3n) is 3.99. The third kappa shape index (κ3) is 3.28. The summed E-state index contributed by atoms with van der Waals surface area (Å²) >= 11 is 0. The van der Waals surface area contributed by atoms with E-state index in [0.717, 1.165) is 37.0 Å². The molecule has 0 spiro atoms. The van der Waals surface area contributed by atoms with Crippen LogP contribution in [0.3, 0.4) is 0 Å². The summed E-state index contributed by atoms with van der Waals surface area (Å²) in [5.74, 6) is 0. The summed E-state index contributed by atoms with van der Waals surface area (Å²) in [5.41, 5.74) is 2.80. The van der Waals surface area contributed by atoms with E-state index >= 15 is 0 Å². The molecule has 0 bridgehead atoms. The number of ether oxygens (including phenoxy) is 1. The van der Waals surface area contributed by atoms with Crippen LogP contribution >= 0.6 is 0 Å². The van der Waals surface area contributed by atoms with Gasteiger partial charge in [-0.15, -0.1) is 0 Å². The van der Waals surface area contributed by atoms with E-state index in [1.165, 1.54) is 0 Å². The van der Waals surface area contributed by atoms with Crippen molar-refractivity contribution in [2.75, 3.05) is 11.9 Å². The highest BCUT2D eigenvalue weighted by Crippen LogP contribution is 2.30. The lowest BCUT2D eigenvalue weighted by molar-refractivity contribution is -0.384. The van der Waals surface area contributed by atoms with Crippen molar-refractivity contribution in [3.63, 3.8) is 0 Å². The third-order valence-corrected chi connectivity index (χ3v) is 3.99. The van der Waals surface area contributed by atoms with Crippen molar-refractivity contribution in [2.45, 2.75) is 52.2 Å². The summed E-state index contributed by atoms with van der Waals surface area (Å²) in [6.07, 6.45) is 3.03. The zero-order chi connectivity index (χ0) is 14.7. The lowest BCUT2D eigenvalue weighted by atomic mass is 10.0. The van der Waals surface area contributed by atoms with Gasteiger partial charge in [-0.2, -0.15) is 0 Å². The summed E-state index contributed by atoms with van der Waals surface area (Å²) in [6.45, 7) is 6.69. The van der Waals surface area contributed by atoms with Crippen molar-refractivity contribution in [1.82, 2.24) is 0 Å². The van der Waals surface area contributed by atoms with Gasteiger partial charge in [0, 0.05) is 18.7 Å². The SMILES string of the molecule is CCC1CC(Nc2cc(C)c(C)cc2[N+](=O)[O-])CCO1. The Kier molecular flexibility index (Phi) is 4.60. The minimum Gasteiger partial charge on any atom is -0.378 e. The van der Waals surface area contributed by atoms with Gasteiger partial charge in [0.05, 0.1) is 11.0 Å². The molecule has 2 rings (SSSR count). The standard InChI is InChI=1S/C15H22N2O3/c1-4-13-9-12(5-6-20-13)16-14-7-10(2)11(3)8-15(14)17(18)19/h7-8,12-13,16H,4-6,9H2,1-3H3. The Hall–Kier alpha value is -1.62. The normalized spacial score (nSPS) is 22.6. The van der Waals surface area contributed by atoms with Crippen molar-refractivity contribution in [3.8, 4) is 0 Å². The zero-order valence-electron chi connectivity index (χ0n) is 12.3. The maximum absolute atomic E-state index is 11.2. The number of rotatable bonds is 4. The van der Waals surface area contributed by atoms with E-state index in [-0.39, 0.29) is 22.8 Å². The maximum Gasteiger partial charge on any atom is 0.292 e. The van der Waals surface area contributed by atoms with Crippen LogP contribution in [0.25, 0.3) is 0 Å². The first-order chi connectivity index (χ1) is 9.51. The monoisotopic (exact) mass is 278 g/mol. The number of hydrogen-bond donors (Lipinski definition) is 1. The first-order valence-corrected chi connectivity index (χ1v) is 7.15. The Balaban J connectivity index is 2.19. The topological polar surface area (TPSA) is 64.4 Å². The highest BCUT2D eigenvalue weighted by molar-refractivity contribution is 5.65. The highest BCUT2D eigenvalue weighted by atomic mass is 16.6. The van der Waals surface area contributed by atoms with Gasteiger partial charge < -0.3 is 10.1 Å². The van der Waals surface area contributed by atoms with Crippen molar-refractivity contribution >= 4 is 11.4 Å². The largest absolute Gasteiger partial charge is 0.378 e. The molecule has 0 radical (unpaired) electrons. The van der Waals surface area contributed by atoms with Gasteiger partial charge in [-0.05, 0) is 50.3 Å². The smallest absolute Gasteiger partial charge is 0.292 e. The van der Waals surface area contributed by atoms with Gasteiger partial charge in [0.1, 0.15) is 5.69 Å². The van der Waals surface area contributed by atoms with Gasteiger partial charge in [0.25, 0.3) is 5.69 Å². The lowest BCUT2D eigenvalue weighted by Crippen LogP contribution is -2.33. The second-order valence-electron chi connectivity index (χ2n) is 5.48. The quantitative estimate of drug-likeness (QED) is 0.675. The van der Waals surface area contributed by atoms with E-state index in [2.05, 4.69) is 12.2 Å². The van der Waals surface area contributed by atoms with Crippen molar-refractivity contribution in [3.05, 3.63) is 33.4 Å². The number of hydrogen-bond acceptors (Lipinski definition) is 4. The van der Waals surface area contributed by atoms with Crippen LogP contribution in [0.5, 0.6) is 0 Å². The van der Waals surface area contributed by atoms with Gasteiger partial charge in [-0.1, -0.05) is 6.92 Å². The zero-order valence-corrected chi connectivity index (χ0v) is 12.3. The van der Waals surface area contributed by atoms with Gasteiger partial charge >= 0.3 is 0 Å². The number of nitro benzene ring substituents is 1. The molecule has 0 aliphatic carbocycles. The molecule has 1 fully saturated rings. The van der Waals surface area contributed by atoms with Crippen LogP contribution in [0.2, 0.25) is 0 Å². The fraction of sp³-hybridized carbons (Fsp3) is 0.600. The molecule has 1 aliphatic rings. The molecule has 5 heteroatoms. The first-order valence-electron chi connectivity index (χ1n) is 7.15. The summed E-state index contributed by atoms with van der Waals surface area (Å²) < 4.78 is 5.64. The summed E-state index contributed by atoms with van der Waals surface area (Å²) in [4.78, 5) is 10.9. The van der Waals surface area contributed by atoms with E-state index in [1.807, 2.05) is 19.9 Å². The Morgan fingerprint density at radius 1 is 1.40 bits per heavy atom. The number of nitrogens with one attached hydrogen (secondary N) is 1. The fourth-order valence-electron chi connectivity index (χ4n) is 2.58. The van der Waals surface area contributed by atoms with Crippen molar-refractivity contribution in [2.24, 2.45) is 0 Å². The van der Waals surface area contributed by atoms with Crippen LogP contribution in [0.15, 0.2) is 12.1 Å². The molecule has 1 heterocycles. The molecule has 1 aromatic carbocycles. The van der Waals surface area contributed by atoms with Crippen LogP contribution in [0, 0.1) is 24.0 Å². The molecule has 2 atom stereocenters. The van der Waals surface area contributed by atoms with E-state index in [4.69, 9.17) is 4.74 Å². The lowest BCUT2D eigenvalue weighted by Gasteiger charge is -2.30. The van der Waals surface area contributed by atoms with Gasteiger partial charge in [0.15, 0.2) is 0 Å². The number of benzene rings is 1. The highest BCUT2D eigenvalue weighted by Gasteiger charge is 2.24. The molecule has 1 aromatic rings. The first kappa shape index (κ1) is 14.8. The van der Waals surface area contributed by atoms with Crippen LogP contribution in [-0.4, -0.2) is 23.7 Å². The molecule has 0 aromatic heterocycles. The summed E-state index contributed by atoms with van der Waals surface area (Å²) in [6, 6.07) is 3.77. The van der Waals surface area contributed by atoms with Crippen LogP contribution in [0.4, 0.5) is 11.4 Å². The molecule has 2 unspecified atom stereocenters. The van der Waals surface area contributed by atoms with E-state index < -0.39 is 0 Å². The average molecular weight is 278 g/mol. The van der Waals surface area contributed by atoms with E-state index in [1.54, 1.807) is 6.07 Å². The molecular formula is C15H22N2O3. The number of nitro groups is 1. The van der Waals surface area contributed by atoms with Crippen LogP contribution in [-0.2, 0) is 4.74 Å². The Labute approximate surface area is 119 Å². The van der Waals surface area contributed by atoms with Gasteiger partial charge in [-0.25, -0.2) is 0 Å². The Morgan fingerprint density at radius 2 is 2.10 bits per heavy atom. The molecule has 5 nitrogen and oxygen atoms in total. The molecule has 0 amide bonds. The minimum absolute atomic E-state index is 0.160. The summed E-state index contributed by atoms with van der Waals surface area (Å²) in [5, 5.41) is 14.5. The molecule has 20 heavy (non-hydrogen) atoms. The van der Waals surface area contributed by atoms with Crippen LogP contribution in [0.1, 0.15) is 37.3 Å². The Morgan fingerprint density at radius 3 is 2.75 bits per heavy atom. The molecule has 0 saturated carbocycles. The van der Waals surface area contributed by atoms with E-state index in [0.29, 0.717) is 5.69 Å². The van der Waals surface area contributed by atoms with Gasteiger partial charge in [-0.3, -0.25) is 10.1 Å². The second-order valence-corrected chi connectivity index (χ2v) is 5.48. The average Bonchev–Trinajstić information content (AvgIpc) is 2.42. The number of anilines is 1. The molecule has 1 saturated heterocycles. The molecule has 1 N–H and O–H groups in total. The fourth-order valence-corrected chi connectivity index (χ4v) is 2.58. The molecular weight excluding hydrogens is 256 g/mol. The van der Waals surface area contributed by atoms with E-state index in [9.17, 15) is 10.1 Å².